The van der Waals surface area contributed by atoms with Crippen LogP contribution in [0.5, 0.6) is 0 Å². The summed E-state index contributed by atoms with van der Waals surface area (Å²) in [6.07, 6.45) is 0.943. The third-order valence-electron chi connectivity index (χ3n) is 2.19. The molecular formula is C10H10BrFO3S. The van der Waals surface area contributed by atoms with E-state index in [0.717, 1.165) is 12.3 Å². The molecule has 0 spiro atoms. The average Bonchev–Trinajstić information content (AvgIpc) is 2.14. The van der Waals surface area contributed by atoms with Crippen molar-refractivity contribution in [1.82, 2.24) is 0 Å². The minimum Gasteiger partial charge on any atom is -0.291 e. The van der Waals surface area contributed by atoms with Crippen molar-refractivity contribution in [2.45, 2.75) is 10.6 Å². The van der Waals surface area contributed by atoms with E-state index >= 15 is 0 Å². The van der Waals surface area contributed by atoms with E-state index in [2.05, 4.69) is 15.9 Å². The van der Waals surface area contributed by atoms with E-state index in [1.54, 1.807) is 0 Å². The summed E-state index contributed by atoms with van der Waals surface area (Å²) < 4.78 is 33.9. The summed E-state index contributed by atoms with van der Waals surface area (Å²) in [4.78, 5) is 11.9. The molecule has 0 radical (unpaired) electrons. The zero-order valence-electron chi connectivity index (χ0n) is 8.70. The monoisotopic (exact) mass is 308 g/mol. The lowest BCUT2D eigenvalue weighted by Crippen LogP contribution is -2.36. The predicted molar refractivity (Wildman–Crippen MR) is 62.9 cm³/mol. The molecule has 1 aromatic carbocycles. The Balaban J connectivity index is 3.23. The number of benzene rings is 1. The van der Waals surface area contributed by atoms with Crippen LogP contribution in [0.15, 0.2) is 24.3 Å². The molecule has 16 heavy (non-hydrogen) atoms. The number of Topliss-reactive ketones (excluding diaryl/α,β-unsaturated/α-hetero) is 1. The highest BCUT2D eigenvalue weighted by Crippen LogP contribution is 2.28. The second-order valence-corrected chi connectivity index (χ2v) is 8.00. The van der Waals surface area contributed by atoms with Crippen molar-refractivity contribution in [3.8, 4) is 0 Å². The molecule has 1 rings (SSSR count). The molecule has 0 aliphatic heterocycles. The first-order valence-electron chi connectivity index (χ1n) is 4.35. The van der Waals surface area contributed by atoms with Crippen LogP contribution in [0.3, 0.4) is 0 Å². The minimum atomic E-state index is -3.62. The molecule has 0 aliphatic carbocycles. The number of carbonyl (C=O) groups is 1. The van der Waals surface area contributed by atoms with E-state index in [4.69, 9.17) is 0 Å². The Kier molecular flexibility index (Phi) is 3.54. The van der Waals surface area contributed by atoms with E-state index in [1.165, 1.54) is 25.1 Å². The number of ketones is 1. The lowest BCUT2D eigenvalue weighted by Gasteiger charge is -2.18. The van der Waals surface area contributed by atoms with E-state index in [0.29, 0.717) is 0 Å². The van der Waals surface area contributed by atoms with Crippen molar-refractivity contribution >= 4 is 31.6 Å². The van der Waals surface area contributed by atoms with Gasteiger partial charge in [0.2, 0.25) is 0 Å². The number of hydrogen-bond donors (Lipinski definition) is 0. The SMILES string of the molecule is C[C@](Br)(C(=O)c1cccc(F)c1)S(C)(=O)=O. The molecule has 3 nitrogen and oxygen atoms in total. The van der Waals surface area contributed by atoms with Gasteiger partial charge in [-0.15, -0.1) is 0 Å². The fraction of sp³-hybridized carbons (Fsp3) is 0.300. The number of alkyl halides is 1. The number of carbonyl (C=O) groups excluding carboxylic acids is 1. The van der Waals surface area contributed by atoms with Gasteiger partial charge in [0.1, 0.15) is 5.82 Å². The second-order valence-electron chi connectivity index (χ2n) is 3.53. The van der Waals surface area contributed by atoms with Crippen LogP contribution in [0.4, 0.5) is 4.39 Å². The molecule has 88 valence electrons. The first-order chi connectivity index (χ1) is 7.16. The van der Waals surface area contributed by atoms with Gasteiger partial charge in [0.15, 0.2) is 19.3 Å². The summed E-state index contributed by atoms with van der Waals surface area (Å²) in [5, 5.41) is 0. The van der Waals surface area contributed by atoms with Gasteiger partial charge < -0.3 is 0 Å². The minimum absolute atomic E-state index is 0.0183. The lowest BCUT2D eigenvalue weighted by molar-refractivity contribution is 0.0982. The maximum atomic E-state index is 12.9. The van der Waals surface area contributed by atoms with Crippen molar-refractivity contribution in [3.63, 3.8) is 0 Å². The quantitative estimate of drug-likeness (QED) is 0.635. The topological polar surface area (TPSA) is 51.2 Å². The molecule has 0 bridgehead atoms. The fourth-order valence-electron chi connectivity index (χ4n) is 1.06. The van der Waals surface area contributed by atoms with Gasteiger partial charge in [-0.1, -0.05) is 28.1 Å². The molecule has 0 aromatic heterocycles. The first kappa shape index (κ1) is 13.3. The van der Waals surface area contributed by atoms with Crippen LogP contribution in [0, 0.1) is 5.82 Å². The maximum Gasteiger partial charge on any atom is 0.194 e. The van der Waals surface area contributed by atoms with Crippen molar-refractivity contribution < 1.29 is 17.6 Å². The van der Waals surface area contributed by atoms with Crippen LogP contribution in [0.1, 0.15) is 17.3 Å². The molecule has 0 saturated carbocycles. The van der Waals surface area contributed by atoms with Crippen molar-refractivity contribution in [1.29, 1.82) is 0 Å². The molecule has 0 fully saturated rings. The van der Waals surface area contributed by atoms with Gasteiger partial charge in [-0.2, -0.15) is 0 Å². The Morgan fingerprint density at radius 2 is 2.00 bits per heavy atom. The van der Waals surface area contributed by atoms with Gasteiger partial charge in [0, 0.05) is 11.8 Å². The van der Waals surface area contributed by atoms with Gasteiger partial charge in [-0.25, -0.2) is 12.8 Å². The zero-order chi connectivity index (χ0) is 12.6. The van der Waals surface area contributed by atoms with Gasteiger partial charge in [-0.05, 0) is 19.1 Å². The van der Waals surface area contributed by atoms with E-state index in [1.807, 2.05) is 0 Å². The number of halogens is 2. The summed E-state index contributed by atoms with van der Waals surface area (Å²) in [6, 6.07) is 4.92. The highest BCUT2D eigenvalue weighted by atomic mass is 79.9. The normalized spacial score (nSPS) is 15.5. The van der Waals surface area contributed by atoms with Gasteiger partial charge in [0.25, 0.3) is 0 Å². The predicted octanol–water partition coefficient (Wildman–Crippen LogP) is 2.16. The number of sulfone groups is 1. The van der Waals surface area contributed by atoms with Gasteiger partial charge >= 0.3 is 0 Å². The standard InChI is InChI=1S/C10H10BrFO3S/c1-10(11,16(2,14)15)9(13)7-4-3-5-8(12)6-7/h3-6H,1-2H3/t10-/m1/s1. The molecule has 0 amide bonds. The molecular weight excluding hydrogens is 299 g/mol. The second kappa shape index (κ2) is 4.25. The molecule has 0 N–H and O–H groups in total. The number of rotatable bonds is 3. The molecule has 0 unspecified atom stereocenters. The average molecular weight is 309 g/mol. The largest absolute Gasteiger partial charge is 0.291 e. The van der Waals surface area contributed by atoms with E-state index < -0.39 is 25.1 Å². The van der Waals surface area contributed by atoms with Gasteiger partial charge in [0.05, 0.1) is 0 Å². The summed E-state index contributed by atoms with van der Waals surface area (Å²) in [7, 11) is -3.62. The summed E-state index contributed by atoms with van der Waals surface area (Å²) in [5.74, 6) is -1.27. The molecule has 0 heterocycles. The van der Waals surface area contributed by atoms with Crippen LogP contribution >= 0.6 is 15.9 Å². The highest BCUT2D eigenvalue weighted by Gasteiger charge is 2.41. The third kappa shape index (κ3) is 2.49. The van der Waals surface area contributed by atoms with Crippen molar-refractivity contribution in [3.05, 3.63) is 35.6 Å². The molecule has 0 aliphatic rings. The molecule has 1 aromatic rings. The number of hydrogen-bond acceptors (Lipinski definition) is 3. The maximum absolute atomic E-state index is 12.9. The van der Waals surface area contributed by atoms with Crippen LogP contribution in [0.2, 0.25) is 0 Å². The third-order valence-corrected chi connectivity index (χ3v) is 5.89. The molecule has 6 heteroatoms. The van der Waals surface area contributed by atoms with Crippen molar-refractivity contribution in [2.75, 3.05) is 6.26 Å². The zero-order valence-corrected chi connectivity index (χ0v) is 11.1. The Hall–Kier alpha value is -0.750. The van der Waals surface area contributed by atoms with Crippen LogP contribution in [-0.4, -0.2) is 24.1 Å². The van der Waals surface area contributed by atoms with E-state index in [9.17, 15) is 17.6 Å². The van der Waals surface area contributed by atoms with E-state index in [-0.39, 0.29) is 5.56 Å². The fourth-order valence-corrected chi connectivity index (χ4v) is 1.74. The Labute approximate surface area is 102 Å². The van der Waals surface area contributed by atoms with Gasteiger partial charge in [-0.3, -0.25) is 4.79 Å². The van der Waals surface area contributed by atoms with Crippen molar-refractivity contribution in [2.24, 2.45) is 0 Å². The van der Waals surface area contributed by atoms with Crippen LogP contribution in [0.25, 0.3) is 0 Å². The molecule has 0 saturated heterocycles. The lowest BCUT2D eigenvalue weighted by atomic mass is 10.1. The van der Waals surface area contributed by atoms with Crippen LogP contribution in [-0.2, 0) is 9.84 Å². The Morgan fingerprint density at radius 1 is 1.44 bits per heavy atom. The summed E-state index contributed by atoms with van der Waals surface area (Å²) in [6.45, 7) is 1.23. The summed E-state index contributed by atoms with van der Waals surface area (Å²) >= 11 is 2.87. The first-order valence-corrected chi connectivity index (χ1v) is 7.03. The molecule has 1 atom stereocenters. The smallest absolute Gasteiger partial charge is 0.194 e. The van der Waals surface area contributed by atoms with Crippen LogP contribution < -0.4 is 0 Å². The Bertz CT molecular complexity index is 523. The Morgan fingerprint density at radius 3 is 2.44 bits per heavy atom. The highest BCUT2D eigenvalue weighted by molar-refractivity contribution is 9.12. The summed E-state index contributed by atoms with van der Waals surface area (Å²) in [5.41, 5.74) is 0.0183.